The van der Waals surface area contributed by atoms with Gasteiger partial charge in [-0.3, -0.25) is 4.79 Å². The van der Waals surface area contributed by atoms with E-state index < -0.39 is 15.8 Å². The van der Waals surface area contributed by atoms with Gasteiger partial charge in [-0.25, -0.2) is 12.8 Å². The van der Waals surface area contributed by atoms with Gasteiger partial charge in [-0.1, -0.05) is 6.07 Å². The average Bonchev–Trinajstić information content (AvgIpc) is 2.58. The van der Waals surface area contributed by atoms with Crippen molar-refractivity contribution in [1.29, 1.82) is 0 Å². The van der Waals surface area contributed by atoms with Crippen molar-refractivity contribution in [2.45, 2.75) is 30.7 Å². The van der Waals surface area contributed by atoms with Crippen LogP contribution in [0.1, 0.15) is 18.4 Å². The lowest BCUT2D eigenvalue weighted by Gasteiger charge is -2.40. The molecule has 0 radical (unpaired) electrons. The molecule has 2 heterocycles. The van der Waals surface area contributed by atoms with Crippen LogP contribution in [0.4, 0.5) is 4.39 Å². The molecule has 6 nitrogen and oxygen atoms in total. The van der Waals surface area contributed by atoms with Crippen molar-refractivity contribution >= 4 is 15.9 Å². The van der Waals surface area contributed by atoms with Crippen LogP contribution in [0, 0.1) is 12.7 Å². The molecule has 0 aliphatic carbocycles. The first-order valence-corrected chi connectivity index (χ1v) is 9.60. The number of carbonyl (C=O) groups is 1. The molecule has 2 aliphatic rings. The molecule has 0 spiro atoms. The number of nitrogens with one attached hydrogen (secondary N) is 1. The standard InChI is InChI=1S/C16H22FN3O3S/c1-12-4-5-14(9-15(12)17)24(22,23)19-7-2-3-13(11-19)20-8-6-18-10-16(20)21/h4-5,9,13,18H,2-3,6-8,10-11H2,1H3. The van der Waals surface area contributed by atoms with Crippen molar-refractivity contribution in [3.05, 3.63) is 29.6 Å². The zero-order chi connectivity index (χ0) is 17.3. The third-order valence-electron chi connectivity index (χ3n) is 4.71. The summed E-state index contributed by atoms with van der Waals surface area (Å²) in [5.74, 6) is -0.520. The number of hydrogen-bond donors (Lipinski definition) is 1. The second kappa shape index (κ2) is 6.78. The van der Waals surface area contributed by atoms with Crippen LogP contribution in [0.3, 0.4) is 0 Å². The Balaban J connectivity index is 1.80. The number of rotatable bonds is 3. The molecule has 2 aliphatic heterocycles. The molecule has 24 heavy (non-hydrogen) atoms. The molecule has 0 saturated carbocycles. The van der Waals surface area contributed by atoms with E-state index in [2.05, 4.69) is 5.32 Å². The Hall–Kier alpha value is -1.51. The fourth-order valence-corrected chi connectivity index (χ4v) is 4.81. The summed E-state index contributed by atoms with van der Waals surface area (Å²) in [7, 11) is -3.75. The van der Waals surface area contributed by atoms with Gasteiger partial charge in [0.05, 0.1) is 11.4 Å². The Bertz CT molecular complexity index is 738. The van der Waals surface area contributed by atoms with Gasteiger partial charge in [0, 0.05) is 32.2 Å². The fourth-order valence-electron chi connectivity index (χ4n) is 3.28. The van der Waals surface area contributed by atoms with Crippen molar-refractivity contribution < 1.29 is 17.6 Å². The van der Waals surface area contributed by atoms with Crippen LogP contribution in [-0.4, -0.2) is 62.3 Å². The lowest BCUT2D eigenvalue weighted by atomic mass is 10.1. The molecular formula is C16H22FN3O3S. The van der Waals surface area contributed by atoms with Crippen LogP contribution < -0.4 is 5.32 Å². The minimum Gasteiger partial charge on any atom is -0.336 e. The van der Waals surface area contributed by atoms with E-state index in [-0.39, 0.29) is 23.4 Å². The van der Waals surface area contributed by atoms with Crippen LogP contribution in [0.15, 0.2) is 23.1 Å². The predicted octanol–water partition coefficient (Wildman–Crippen LogP) is 0.719. The number of benzene rings is 1. The number of hydrogen-bond acceptors (Lipinski definition) is 4. The average molecular weight is 355 g/mol. The molecule has 1 atom stereocenters. The molecule has 1 N–H and O–H groups in total. The van der Waals surface area contributed by atoms with Crippen molar-refractivity contribution in [2.75, 3.05) is 32.7 Å². The quantitative estimate of drug-likeness (QED) is 0.867. The largest absolute Gasteiger partial charge is 0.336 e. The summed E-state index contributed by atoms with van der Waals surface area (Å²) in [5, 5.41) is 3.02. The molecule has 132 valence electrons. The molecule has 0 bridgehead atoms. The number of sulfonamides is 1. The van der Waals surface area contributed by atoms with Crippen LogP contribution in [0.25, 0.3) is 0 Å². The molecule has 1 aromatic carbocycles. The smallest absolute Gasteiger partial charge is 0.243 e. The van der Waals surface area contributed by atoms with E-state index in [4.69, 9.17) is 0 Å². The highest BCUT2D eigenvalue weighted by atomic mass is 32.2. The van der Waals surface area contributed by atoms with Gasteiger partial charge in [0.25, 0.3) is 0 Å². The predicted molar refractivity (Wildman–Crippen MR) is 87.5 cm³/mol. The van der Waals surface area contributed by atoms with Gasteiger partial charge < -0.3 is 10.2 Å². The van der Waals surface area contributed by atoms with Gasteiger partial charge in [-0.05, 0) is 37.5 Å². The lowest BCUT2D eigenvalue weighted by Crippen LogP contribution is -2.57. The first-order chi connectivity index (χ1) is 11.4. The number of halogens is 1. The fraction of sp³-hybridized carbons (Fsp3) is 0.562. The van der Waals surface area contributed by atoms with Crippen LogP contribution in [-0.2, 0) is 14.8 Å². The number of aryl methyl sites for hydroxylation is 1. The van der Waals surface area contributed by atoms with Crippen molar-refractivity contribution in [3.8, 4) is 0 Å². The summed E-state index contributed by atoms with van der Waals surface area (Å²) in [6.07, 6.45) is 1.48. The molecular weight excluding hydrogens is 333 g/mol. The minimum atomic E-state index is -3.75. The van der Waals surface area contributed by atoms with E-state index in [1.54, 1.807) is 11.8 Å². The summed E-state index contributed by atoms with van der Waals surface area (Å²) >= 11 is 0. The van der Waals surface area contributed by atoms with E-state index >= 15 is 0 Å². The molecule has 1 aromatic rings. The van der Waals surface area contributed by atoms with Crippen LogP contribution >= 0.6 is 0 Å². The zero-order valence-corrected chi connectivity index (χ0v) is 14.5. The molecule has 8 heteroatoms. The Labute approximate surface area is 141 Å². The summed E-state index contributed by atoms with van der Waals surface area (Å²) < 4.78 is 40.7. The number of piperidine rings is 1. The Kier molecular flexibility index (Phi) is 4.89. The first kappa shape index (κ1) is 17.3. The maximum atomic E-state index is 13.8. The van der Waals surface area contributed by atoms with Gasteiger partial charge >= 0.3 is 0 Å². The number of nitrogens with zero attached hydrogens (tertiary/aromatic N) is 2. The highest BCUT2D eigenvalue weighted by molar-refractivity contribution is 7.89. The highest BCUT2D eigenvalue weighted by Crippen LogP contribution is 2.24. The molecule has 2 fully saturated rings. The molecule has 1 amide bonds. The van der Waals surface area contributed by atoms with E-state index in [9.17, 15) is 17.6 Å². The number of amides is 1. The summed E-state index contributed by atoms with van der Waals surface area (Å²) in [5.41, 5.74) is 0.414. The van der Waals surface area contributed by atoms with Crippen LogP contribution in [0.5, 0.6) is 0 Å². The Morgan fingerprint density at radius 2 is 2.08 bits per heavy atom. The molecule has 2 saturated heterocycles. The normalized spacial score (nSPS) is 23.5. The SMILES string of the molecule is Cc1ccc(S(=O)(=O)N2CCCC(N3CCNCC3=O)C2)cc1F. The zero-order valence-electron chi connectivity index (χ0n) is 13.7. The van der Waals surface area contributed by atoms with Gasteiger partial charge in [0.1, 0.15) is 5.82 Å². The monoisotopic (exact) mass is 355 g/mol. The van der Waals surface area contributed by atoms with Crippen LogP contribution in [0.2, 0.25) is 0 Å². The first-order valence-electron chi connectivity index (χ1n) is 8.16. The molecule has 3 rings (SSSR count). The van der Waals surface area contributed by atoms with E-state index in [0.717, 1.165) is 19.0 Å². The third kappa shape index (κ3) is 3.31. The van der Waals surface area contributed by atoms with Gasteiger partial charge in [-0.15, -0.1) is 0 Å². The maximum Gasteiger partial charge on any atom is 0.243 e. The van der Waals surface area contributed by atoms with E-state index in [0.29, 0.717) is 31.6 Å². The van der Waals surface area contributed by atoms with E-state index in [1.807, 2.05) is 0 Å². The second-order valence-electron chi connectivity index (χ2n) is 6.33. The van der Waals surface area contributed by atoms with Crippen molar-refractivity contribution in [3.63, 3.8) is 0 Å². The summed E-state index contributed by atoms with van der Waals surface area (Å²) in [6, 6.07) is 3.87. The Morgan fingerprint density at radius 1 is 1.29 bits per heavy atom. The minimum absolute atomic E-state index is 0.00637. The van der Waals surface area contributed by atoms with Crippen molar-refractivity contribution in [2.24, 2.45) is 0 Å². The van der Waals surface area contributed by atoms with E-state index in [1.165, 1.54) is 16.4 Å². The summed E-state index contributed by atoms with van der Waals surface area (Å²) in [4.78, 5) is 13.8. The van der Waals surface area contributed by atoms with Gasteiger partial charge in [0.15, 0.2) is 0 Å². The van der Waals surface area contributed by atoms with Crippen molar-refractivity contribution in [1.82, 2.24) is 14.5 Å². The third-order valence-corrected chi connectivity index (χ3v) is 6.57. The summed E-state index contributed by atoms with van der Waals surface area (Å²) in [6.45, 7) is 3.87. The molecule has 0 aromatic heterocycles. The second-order valence-corrected chi connectivity index (χ2v) is 8.27. The highest BCUT2D eigenvalue weighted by Gasteiger charge is 2.35. The molecule has 1 unspecified atom stereocenters. The number of piperazine rings is 1. The lowest BCUT2D eigenvalue weighted by molar-refractivity contribution is -0.135. The van der Waals surface area contributed by atoms with Gasteiger partial charge in [0.2, 0.25) is 15.9 Å². The number of carbonyl (C=O) groups excluding carboxylic acids is 1. The Morgan fingerprint density at radius 3 is 2.79 bits per heavy atom. The topological polar surface area (TPSA) is 69.7 Å². The van der Waals surface area contributed by atoms with Gasteiger partial charge in [-0.2, -0.15) is 4.31 Å². The maximum absolute atomic E-state index is 13.8.